The van der Waals surface area contributed by atoms with Crippen LogP contribution in [0.25, 0.3) is 0 Å². The first-order valence-corrected chi connectivity index (χ1v) is 12.4. The molecule has 1 aliphatic heterocycles. The van der Waals surface area contributed by atoms with Crippen LogP contribution in [0.3, 0.4) is 0 Å². The van der Waals surface area contributed by atoms with E-state index >= 15 is 0 Å². The molecule has 3 rings (SSSR count). The van der Waals surface area contributed by atoms with Crippen molar-refractivity contribution in [2.45, 2.75) is 69.3 Å². The van der Waals surface area contributed by atoms with E-state index in [0.29, 0.717) is 17.7 Å². The Labute approximate surface area is 133 Å². The van der Waals surface area contributed by atoms with Gasteiger partial charge in [0.15, 0.2) is 0 Å². The van der Waals surface area contributed by atoms with Gasteiger partial charge in [-0.05, 0) is 0 Å². The van der Waals surface area contributed by atoms with Gasteiger partial charge in [-0.1, -0.05) is 0 Å². The first-order valence-electron chi connectivity index (χ1n) is 8.67. The topological polar surface area (TPSA) is 29.1 Å². The number of carbonyl (C=O) groups excluding carboxylic acids is 1. The average Bonchev–Trinajstić information content (AvgIpc) is 3.22. The van der Waals surface area contributed by atoms with Crippen molar-refractivity contribution in [3.63, 3.8) is 0 Å². The van der Waals surface area contributed by atoms with Gasteiger partial charge in [0.05, 0.1) is 0 Å². The van der Waals surface area contributed by atoms with E-state index in [1.54, 1.807) is 3.88 Å². The van der Waals surface area contributed by atoms with Gasteiger partial charge < -0.3 is 0 Å². The Morgan fingerprint density at radius 2 is 1.67 bits per heavy atom. The van der Waals surface area contributed by atoms with Crippen LogP contribution < -0.4 is 3.80 Å². The van der Waals surface area contributed by atoms with Gasteiger partial charge in [0, 0.05) is 0 Å². The molecule has 1 N–H and O–H groups in total. The predicted octanol–water partition coefficient (Wildman–Crippen LogP) is 4.86. The third-order valence-corrected chi connectivity index (χ3v) is 12.6. The summed E-state index contributed by atoms with van der Waals surface area (Å²) in [5.41, 5.74) is 4.54. The van der Waals surface area contributed by atoms with Crippen LogP contribution in [0.2, 0.25) is 9.45 Å². The van der Waals surface area contributed by atoms with Gasteiger partial charge in [-0.25, -0.2) is 0 Å². The molecule has 116 valence electrons. The zero-order chi connectivity index (χ0) is 15.2. The molecule has 1 saturated carbocycles. The minimum atomic E-state index is -2.21. The summed E-state index contributed by atoms with van der Waals surface area (Å²) in [6, 6.07) is 0. The number of hydrogen-bond acceptors (Lipinski definition) is 1. The van der Waals surface area contributed by atoms with Gasteiger partial charge in [-0.15, -0.1) is 0 Å². The summed E-state index contributed by atoms with van der Waals surface area (Å²) in [5.74, 6) is 1.30. The van der Waals surface area contributed by atoms with Gasteiger partial charge in [-0.2, -0.15) is 0 Å². The van der Waals surface area contributed by atoms with Crippen LogP contribution in [0.1, 0.15) is 59.8 Å². The predicted molar refractivity (Wildman–Crippen MR) is 84.6 cm³/mol. The third kappa shape index (κ3) is 2.70. The minimum absolute atomic E-state index is 0.314. The molecule has 21 heavy (non-hydrogen) atoms. The molecule has 1 atom stereocenters. The molecular weight excluding hydrogens is 294 g/mol. The normalized spacial score (nSPS) is 29.0. The van der Waals surface area contributed by atoms with Crippen molar-refractivity contribution in [3.05, 3.63) is 20.6 Å². The monoisotopic (exact) mass is 323 g/mol. The molecule has 0 bridgehead atoms. The number of amides is 1. The van der Waals surface area contributed by atoms with E-state index in [2.05, 4.69) is 31.5 Å². The number of rotatable bonds is 3. The van der Waals surface area contributed by atoms with Crippen LogP contribution in [0, 0.1) is 11.8 Å². The van der Waals surface area contributed by atoms with Crippen LogP contribution in [-0.4, -0.2) is 5.91 Å². The van der Waals surface area contributed by atoms with E-state index in [1.807, 2.05) is 0 Å². The Kier molecular flexibility index (Phi) is 4.22. The van der Waals surface area contributed by atoms with Crippen molar-refractivity contribution >= 4 is 5.91 Å². The maximum absolute atomic E-state index is 12.7. The Morgan fingerprint density at radius 3 is 2.14 bits per heavy atom. The van der Waals surface area contributed by atoms with E-state index in [4.69, 9.17) is 0 Å². The molecule has 0 aromatic carbocycles. The van der Waals surface area contributed by atoms with Gasteiger partial charge in [0.1, 0.15) is 0 Å². The summed E-state index contributed by atoms with van der Waals surface area (Å²) in [6.45, 7) is 9.17. The summed E-state index contributed by atoms with van der Waals surface area (Å²) in [4.78, 5) is 12.7. The zero-order valence-electron chi connectivity index (χ0n) is 14.0. The second-order valence-electron chi connectivity index (χ2n) is 7.47. The Balaban J connectivity index is 1.75. The van der Waals surface area contributed by atoms with Crippen molar-refractivity contribution in [1.82, 2.24) is 3.80 Å². The van der Waals surface area contributed by atoms with Crippen molar-refractivity contribution in [1.29, 1.82) is 0 Å². The van der Waals surface area contributed by atoms with Crippen molar-refractivity contribution in [2.24, 2.45) is 11.8 Å². The first kappa shape index (κ1) is 15.6. The average molecular weight is 323 g/mol. The molecule has 0 spiro atoms. The standard InChI is InChI=1S/C9H13.C7H13NO.C2H4.Ti/c1-6-5-7(2)9(4)8(6)3;8-7(9)6-4-2-1-3-5-6;1-2;/h6H,1-4H3;6H,1-5H2,(H2,8,9);1-2H2;/q;;;+1/p-1. The molecule has 2 aliphatic carbocycles. The molecule has 3 heteroatoms. The zero-order valence-corrected chi connectivity index (χ0v) is 15.6. The quantitative estimate of drug-likeness (QED) is 0.738. The van der Waals surface area contributed by atoms with Gasteiger partial charge in [-0.3, -0.25) is 0 Å². The summed E-state index contributed by atoms with van der Waals surface area (Å²) in [5, 5.41) is 0. The SMILES string of the molecule is CC1=C(C)C(C)[C]([Ti]2([NH]C(=O)C3CCCCC3)[CH2][CH2]2)=C1C. The number of nitrogens with one attached hydrogen (secondary N) is 1. The summed E-state index contributed by atoms with van der Waals surface area (Å²) in [7, 11) is 0. The summed E-state index contributed by atoms with van der Waals surface area (Å²) < 4.78 is 7.97. The second kappa shape index (κ2) is 5.70. The van der Waals surface area contributed by atoms with Crippen LogP contribution >= 0.6 is 0 Å². The molecule has 0 aromatic rings. The molecular formula is C18H29NOTi. The molecule has 2 fully saturated rings. The molecule has 1 heterocycles. The maximum atomic E-state index is 12.7. The van der Waals surface area contributed by atoms with E-state index < -0.39 is 16.8 Å². The van der Waals surface area contributed by atoms with Crippen molar-refractivity contribution in [3.8, 4) is 0 Å². The van der Waals surface area contributed by atoms with E-state index in [-0.39, 0.29) is 0 Å². The molecule has 0 radical (unpaired) electrons. The Hall–Kier alpha value is -0.336. The Morgan fingerprint density at radius 1 is 1.05 bits per heavy atom. The van der Waals surface area contributed by atoms with Crippen LogP contribution in [-0.2, 0) is 21.6 Å². The van der Waals surface area contributed by atoms with Crippen molar-refractivity contribution in [2.75, 3.05) is 0 Å². The summed E-state index contributed by atoms with van der Waals surface area (Å²) >= 11 is -2.21. The van der Waals surface area contributed by atoms with Crippen LogP contribution in [0.15, 0.2) is 20.6 Å². The number of carbonyl (C=O) groups is 1. The Bertz CT molecular complexity index is 521. The van der Waals surface area contributed by atoms with Gasteiger partial charge >= 0.3 is 133 Å². The second-order valence-corrected chi connectivity index (χ2v) is 13.6. The van der Waals surface area contributed by atoms with E-state index in [1.165, 1.54) is 45.4 Å². The summed E-state index contributed by atoms with van der Waals surface area (Å²) in [6.07, 6.45) is 6.05. The fourth-order valence-electron chi connectivity index (χ4n) is 4.43. The van der Waals surface area contributed by atoms with Gasteiger partial charge in [0.2, 0.25) is 0 Å². The molecule has 1 saturated heterocycles. The molecule has 1 amide bonds. The fraction of sp³-hybridized carbons (Fsp3) is 0.722. The third-order valence-electron chi connectivity index (χ3n) is 6.24. The number of allylic oxidation sites excluding steroid dienone is 4. The molecule has 1 unspecified atom stereocenters. The van der Waals surface area contributed by atoms with Crippen LogP contribution in [0.4, 0.5) is 0 Å². The van der Waals surface area contributed by atoms with Gasteiger partial charge in [0.25, 0.3) is 0 Å². The van der Waals surface area contributed by atoms with E-state index in [0.717, 1.165) is 12.8 Å². The number of hydrogen-bond donors (Lipinski definition) is 1. The molecule has 3 aliphatic rings. The first-order chi connectivity index (χ1) is 9.96. The van der Waals surface area contributed by atoms with E-state index in [9.17, 15) is 4.79 Å². The fourth-order valence-corrected chi connectivity index (χ4v) is 12.0. The molecule has 0 aromatic heterocycles. The van der Waals surface area contributed by atoms with Crippen LogP contribution in [0.5, 0.6) is 0 Å². The van der Waals surface area contributed by atoms with Crippen molar-refractivity contribution < 1.29 is 21.6 Å². The molecule has 2 nitrogen and oxygen atoms in total.